The van der Waals surface area contributed by atoms with Crippen molar-refractivity contribution in [3.8, 4) is 5.75 Å². The van der Waals surface area contributed by atoms with Crippen LogP contribution in [0.3, 0.4) is 0 Å². The summed E-state index contributed by atoms with van der Waals surface area (Å²) in [5, 5.41) is 4.74. The molecule has 0 radical (unpaired) electrons. The molecule has 32 heavy (non-hydrogen) atoms. The number of aromatic nitrogens is 1. The first-order valence-corrected chi connectivity index (χ1v) is 10.6. The van der Waals surface area contributed by atoms with Gasteiger partial charge in [0.15, 0.2) is 11.2 Å². The van der Waals surface area contributed by atoms with Gasteiger partial charge in [-0.2, -0.15) is 0 Å². The number of amides is 1. The molecule has 3 heterocycles. The first-order valence-electron chi connectivity index (χ1n) is 10.2. The second kappa shape index (κ2) is 7.84. The number of ether oxygens (including phenoxy) is 1. The molecule has 1 unspecified atom stereocenters. The van der Waals surface area contributed by atoms with Crippen LogP contribution < -0.4 is 15.1 Å². The minimum atomic E-state index is -0.758. The lowest BCUT2D eigenvalue weighted by Gasteiger charge is -2.22. The Morgan fingerprint density at radius 1 is 1.16 bits per heavy atom. The smallest absolute Gasteiger partial charge is 0.296 e. The SMILES string of the molecule is CCCOc1cccc(C2c3c(oc4ccc(Cl)cc4c3=O)C(=O)N2c2cc(C)on2)c1. The van der Waals surface area contributed by atoms with Crippen LogP contribution in [0.25, 0.3) is 11.0 Å². The summed E-state index contributed by atoms with van der Waals surface area (Å²) in [6.07, 6.45) is 0.857. The maximum atomic E-state index is 13.6. The van der Waals surface area contributed by atoms with E-state index in [9.17, 15) is 9.59 Å². The molecule has 2 aromatic heterocycles. The van der Waals surface area contributed by atoms with Gasteiger partial charge in [-0.15, -0.1) is 0 Å². The molecule has 1 amide bonds. The van der Waals surface area contributed by atoms with Crippen molar-refractivity contribution < 1.29 is 18.5 Å². The van der Waals surface area contributed by atoms with Gasteiger partial charge < -0.3 is 13.7 Å². The Morgan fingerprint density at radius 3 is 2.75 bits per heavy atom. The minimum Gasteiger partial charge on any atom is -0.494 e. The molecule has 0 saturated carbocycles. The zero-order chi connectivity index (χ0) is 22.4. The largest absolute Gasteiger partial charge is 0.494 e. The lowest BCUT2D eigenvalue weighted by Crippen LogP contribution is -2.29. The lowest BCUT2D eigenvalue weighted by molar-refractivity contribution is 0.0969. The molecule has 8 heteroatoms. The quantitative estimate of drug-likeness (QED) is 0.411. The van der Waals surface area contributed by atoms with E-state index in [0.29, 0.717) is 45.5 Å². The number of halogens is 1. The standard InChI is InChI=1S/C24H19ClN2O5/c1-3-9-30-16-6-4-5-14(11-16)21-20-22(28)17-12-15(25)7-8-18(17)31-23(20)24(29)27(21)19-10-13(2)32-26-19/h4-8,10-12,21H,3,9H2,1-2H3. The molecule has 2 aromatic carbocycles. The van der Waals surface area contributed by atoms with Gasteiger partial charge in [0.2, 0.25) is 5.76 Å². The van der Waals surface area contributed by atoms with Crippen LogP contribution >= 0.6 is 11.6 Å². The molecule has 0 N–H and O–H groups in total. The number of benzene rings is 2. The average Bonchev–Trinajstić information content (AvgIpc) is 3.34. The molecule has 0 aliphatic carbocycles. The van der Waals surface area contributed by atoms with Crippen molar-refractivity contribution >= 4 is 34.3 Å². The maximum absolute atomic E-state index is 13.6. The summed E-state index contributed by atoms with van der Waals surface area (Å²) >= 11 is 6.12. The van der Waals surface area contributed by atoms with Crippen LogP contribution in [-0.2, 0) is 0 Å². The fourth-order valence-electron chi connectivity index (χ4n) is 3.96. The number of carbonyl (C=O) groups excluding carboxylic acids is 1. The van der Waals surface area contributed by atoms with Gasteiger partial charge >= 0.3 is 0 Å². The Balaban J connectivity index is 1.76. The molecule has 1 aliphatic rings. The molecule has 7 nitrogen and oxygen atoms in total. The van der Waals surface area contributed by atoms with Gasteiger partial charge in [0, 0.05) is 11.1 Å². The third-order valence-corrected chi connectivity index (χ3v) is 5.58. The Morgan fingerprint density at radius 2 is 2.00 bits per heavy atom. The van der Waals surface area contributed by atoms with Gasteiger partial charge in [-0.05, 0) is 49.2 Å². The number of nitrogens with zero attached hydrogens (tertiary/aromatic N) is 2. The Hall–Kier alpha value is -3.58. The average molecular weight is 451 g/mol. The van der Waals surface area contributed by atoms with Gasteiger partial charge in [0.25, 0.3) is 5.91 Å². The van der Waals surface area contributed by atoms with E-state index in [-0.39, 0.29) is 16.8 Å². The van der Waals surface area contributed by atoms with Crippen LogP contribution in [0.15, 0.2) is 62.3 Å². The molecule has 162 valence electrons. The van der Waals surface area contributed by atoms with Crippen molar-refractivity contribution in [3.05, 3.63) is 86.4 Å². The van der Waals surface area contributed by atoms with E-state index in [2.05, 4.69) is 5.16 Å². The summed E-state index contributed by atoms with van der Waals surface area (Å²) in [6.45, 7) is 4.31. The third kappa shape index (κ3) is 3.26. The molecule has 0 fully saturated rings. The van der Waals surface area contributed by atoms with E-state index in [0.717, 1.165) is 6.42 Å². The fourth-order valence-corrected chi connectivity index (χ4v) is 4.13. The van der Waals surface area contributed by atoms with E-state index in [4.69, 9.17) is 25.3 Å². The number of aryl methyl sites for hydroxylation is 1. The number of hydrogen-bond donors (Lipinski definition) is 0. The van der Waals surface area contributed by atoms with Crippen molar-refractivity contribution in [1.82, 2.24) is 5.16 Å². The monoisotopic (exact) mass is 450 g/mol. The second-order valence-corrected chi connectivity index (χ2v) is 8.05. The summed E-state index contributed by atoms with van der Waals surface area (Å²) < 4.78 is 16.9. The first kappa shape index (κ1) is 20.3. The summed E-state index contributed by atoms with van der Waals surface area (Å²) in [5.74, 6) is 1.00. The number of rotatable bonds is 5. The van der Waals surface area contributed by atoms with E-state index in [1.54, 1.807) is 31.2 Å². The molecule has 4 aromatic rings. The van der Waals surface area contributed by atoms with Crippen LogP contribution in [0.2, 0.25) is 5.02 Å². The van der Waals surface area contributed by atoms with Gasteiger partial charge in [0.05, 0.1) is 23.6 Å². The highest BCUT2D eigenvalue weighted by Crippen LogP contribution is 2.41. The molecule has 0 saturated heterocycles. The molecule has 1 aliphatic heterocycles. The fraction of sp³-hybridized carbons (Fsp3) is 0.208. The predicted molar refractivity (Wildman–Crippen MR) is 120 cm³/mol. The predicted octanol–water partition coefficient (Wildman–Crippen LogP) is 5.28. The number of hydrogen-bond acceptors (Lipinski definition) is 6. The van der Waals surface area contributed by atoms with Crippen molar-refractivity contribution in [2.24, 2.45) is 0 Å². The molecule has 0 bridgehead atoms. The van der Waals surface area contributed by atoms with Crippen molar-refractivity contribution in [1.29, 1.82) is 0 Å². The van der Waals surface area contributed by atoms with E-state index < -0.39 is 11.9 Å². The first-order chi connectivity index (χ1) is 15.5. The Labute approximate surface area is 188 Å². The van der Waals surface area contributed by atoms with Crippen molar-refractivity contribution in [3.63, 3.8) is 0 Å². The van der Waals surface area contributed by atoms with E-state index in [1.807, 2.05) is 31.2 Å². The topological polar surface area (TPSA) is 85.8 Å². The highest BCUT2D eigenvalue weighted by atomic mass is 35.5. The third-order valence-electron chi connectivity index (χ3n) is 5.34. The van der Waals surface area contributed by atoms with Crippen LogP contribution in [0.1, 0.15) is 46.8 Å². The van der Waals surface area contributed by atoms with Crippen LogP contribution in [0.5, 0.6) is 5.75 Å². The van der Waals surface area contributed by atoms with Crippen molar-refractivity contribution in [2.75, 3.05) is 11.5 Å². The highest BCUT2D eigenvalue weighted by Gasteiger charge is 2.45. The van der Waals surface area contributed by atoms with Crippen LogP contribution in [0, 0.1) is 6.92 Å². The normalized spacial score (nSPS) is 15.4. The zero-order valence-electron chi connectivity index (χ0n) is 17.4. The Kier molecular flexibility index (Phi) is 4.98. The van der Waals surface area contributed by atoms with Crippen molar-refractivity contribution in [2.45, 2.75) is 26.3 Å². The molecule has 1 atom stereocenters. The molecule has 0 spiro atoms. The highest BCUT2D eigenvalue weighted by molar-refractivity contribution is 6.31. The lowest BCUT2D eigenvalue weighted by atomic mass is 9.98. The van der Waals surface area contributed by atoms with Gasteiger partial charge in [-0.25, -0.2) is 0 Å². The Bertz CT molecular complexity index is 1410. The molecule has 5 rings (SSSR count). The van der Waals surface area contributed by atoms with Crippen LogP contribution in [-0.4, -0.2) is 17.7 Å². The summed E-state index contributed by atoms with van der Waals surface area (Å²) in [7, 11) is 0. The second-order valence-electron chi connectivity index (χ2n) is 7.61. The maximum Gasteiger partial charge on any atom is 0.296 e. The number of anilines is 1. The summed E-state index contributed by atoms with van der Waals surface area (Å²) in [5.41, 5.74) is 0.909. The zero-order valence-corrected chi connectivity index (χ0v) is 18.2. The minimum absolute atomic E-state index is 0.0182. The van der Waals surface area contributed by atoms with Gasteiger partial charge in [0.1, 0.15) is 17.1 Å². The number of fused-ring (bicyclic) bond motifs is 2. The summed E-state index contributed by atoms with van der Waals surface area (Å²) in [4.78, 5) is 28.5. The van der Waals surface area contributed by atoms with Crippen LogP contribution in [0.4, 0.5) is 5.82 Å². The molecular weight excluding hydrogens is 432 g/mol. The summed E-state index contributed by atoms with van der Waals surface area (Å²) in [6, 6.07) is 13.0. The van der Waals surface area contributed by atoms with Gasteiger partial charge in [-0.3, -0.25) is 14.5 Å². The van der Waals surface area contributed by atoms with Gasteiger partial charge in [-0.1, -0.05) is 35.8 Å². The van der Waals surface area contributed by atoms with E-state index in [1.165, 1.54) is 4.90 Å². The van der Waals surface area contributed by atoms with E-state index >= 15 is 0 Å². The number of carbonyl (C=O) groups is 1. The molecular formula is C24H19ClN2O5.